The Balaban J connectivity index is 2.24. The first-order valence-corrected chi connectivity index (χ1v) is 13.4. The number of nitrogens with zero attached hydrogens (tertiary/aromatic N) is 1. The molecular formula is C13H23NP4. The van der Waals surface area contributed by atoms with Crippen LogP contribution in [-0.2, 0) is 6.42 Å². The van der Waals surface area contributed by atoms with E-state index in [1.807, 2.05) is 6.20 Å². The van der Waals surface area contributed by atoms with E-state index in [0.29, 0.717) is 0 Å². The van der Waals surface area contributed by atoms with Crippen molar-refractivity contribution < 1.29 is 0 Å². The lowest BCUT2D eigenvalue weighted by atomic mass is 9.82. The van der Waals surface area contributed by atoms with E-state index in [2.05, 4.69) is 42.0 Å². The Kier molecular flexibility index (Phi) is 6.44. The normalized spacial score (nSPS) is 25.3. The number of hydrogen-bond donors (Lipinski definition) is 0. The Morgan fingerprint density at radius 1 is 1.56 bits per heavy atom. The number of unbranched alkanes of at least 4 members (excludes halogenated alkanes) is 1. The maximum atomic E-state index is 4.38. The number of pyridine rings is 1. The fraction of sp³-hybridized carbons (Fsp3) is 0.615. The van der Waals surface area contributed by atoms with E-state index in [-0.39, 0.29) is 7.30 Å². The molecule has 0 saturated carbocycles. The van der Waals surface area contributed by atoms with Crippen LogP contribution in [-0.4, -0.2) is 4.98 Å². The average molecular weight is 317 g/mol. The quantitative estimate of drug-likeness (QED) is 0.651. The molecule has 0 spiro atoms. The first-order chi connectivity index (χ1) is 8.77. The van der Waals surface area contributed by atoms with E-state index in [9.17, 15) is 0 Å². The summed E-state index contributed by atoms with van der Waals surface area (Å²) in [5.74, 6) is 0.887. The molecule has 1 aromatic rings. The largest absolute Gasteiger partial charge is 0.264 e. The minimum atomic E-state index is 0.0284. The number of hydrogen-bond acceptors (Lipinski definition) is 1. The number of aromatic nitrogens is 1. The first-order valence-electron chi connectivity index (χ1n) is 6.70. The van der Waals surface area contributed by atoms with Crippen molar-refractivity contribution in [1.82, 2.24) is 4.98 Å². The summed E-state index contributed by atoms with van der Waals surface area (Å²) in [5.41, 5.74) is 3.88. The molecule has 1 heterocycles. The van der Waals surface area contributed by atoms with Gasteiger partial charge < -0.3 is 0 Å². The Morgan fingerprint density at radius 2 is 2.39 bits per heavy atom. The molecule has 0 radical (unpaired) electrons. The van der Waals surface area contributed by atoms with Gasteiger partial charge in [-0.15, -0.1) is 17.9 Å². The van der Waals surface area contributed by atoms with Crippen molar-refractivity contribution in [3.63, 3.8) is 0 Å². The van der Waals surface area contributed by atoms with Crippen LogP contribution in [0.5, 0.6) is 0 Å². The molecule has 0 bridgehead atoms. The number of rotatable bonds is 5. The Labute approximate surface area is 118 Å². The molecular weight excluding hydrogens is 294 g/mol. The summed E-state index contributed by atoms with van der Waals surface area (Å²) < 4.78 is 0. The van der Waals surface area contributed by atoms with E-state index in [1.54, 1.807) is 11.1 Å². The van der Waals surface area contributed by atoms with Gasteiger partial charge in [0.05, 0.1) is 0 Å². The summed E-state index contributed by atoms with van der Waals surface area (Å²) >= 11 is 0. The molecule has 5 heteroatoms. The van der Waals surface area contributed by atoms with Crippen molar-refractivity contribution in [3.05, 3.63) is 29.6 Å². The Hall–Kier alpha value is 0.870. The lowest BCUT2D eigenvalue weighted by molar-refractivity contribution is 0.403. The second-order valence-corrected chi connectivity index (χ2v) is 14.5. The van der Waals surface area contributed by atoms with Crippen LogP contribution in [0.25, 0.3) is 0 Å². The number of aryl methyl sites for hydroxylation is 1. The highest BCUT2D eigenvalue weighted by atomic mass is 32.6. The Morgan fingerprint density at radius 3 is 3.11 bits per heavy atom. The van der Waals surface area contributed by atoms with Crippen molar-refractivity contribution in [1.29, 1.82) is 0 Å². The van der Waals surface area contributed by atoms with Crippen LogP contribution in [0, 0.1) is 5.92 Å². The van der Waals surface area contributed by atoms with E-state index in [0.717, 1.165) is 19.5 Å². The van der Waals surface area contributed by atoms with Gasteiger partial charge in [0, 0.05) is 18.1 Å². The summed E-state index contributed by atoms with van der Waals surface area (Å²) in [6, 6.07) is 2.23. The van der Waals surface area contributed by atoms with E-state index in [1.165, 1.54) is 32.1 Å². The number of fused-ring (bicyclic) bond motifs is 1. The zero-order chi connectivity index (χ0) is 13.0. The molecule has 0 N–H and O–H groups in total. The van der Waals surface area contributed by atoms with Crippen molar-refractivity contribution in [3.8, 4) is 0 Å². The molecule has 6 atom stereocenters. The molecule has 100 valence electrons. The molecule has 4 unspecified atom stereocenters. The monoisotopic (exact) mass is 317 g/mol. The summed E-state index contributed by atoms with van der Waals surface area (Å²) in [5, 5.41) is 0. The van der Waals surface area contributed by atoms with Crippen LogP contribution in [0.15, 0.2) is 18.5 Å². The van der Waals surface area contributed by atoms with Gasteiger partial charge >= 0.3 is 0 Å². The van der Waals surface area contributed by atoms with Crippen molar-refractivity contribution >= 4 is 33.1 Å². The fourth-order valence-corrected chi connectivity index (χ4v) is 8.54. The molecule has 1 aliphatic rings. The van der Waals surface area contributed by atoms with Gasteiger partial charge in [-0.25, -0.2) is 0 Å². The molecule has 0 saturated heterocycles. The molecule has 1 aromatic heterocycles. The zero-order valence-electron chi connectivity index (χ0n) is 11.0. The molecule has 1 aliphatic carbocycles. The van der Waals surface area contributed by atoms with Crippen molar-refractivity contribution in [2.45, 2.75) is 44.7 Å². The molecule has 0 amide bonds. The predicted octanol–water partition coefficient (Wildman–Crippen LogP) is 5.53. The summed E-state index contributed by atoms with van der Waals surface area (Å²) in [6.45, 7) is 2.30. The summed E-state index contributed by atoms with van der Waals surface area (Å²) in [7, 11) is 7.11. The fourth-order valence-electron chi connectivity index (χ4n) is 2.91. The topological polar surface area (TPSA) is 12.9 Å². The molecule has 18 heavy (non-hydrogen) atoms. The van der Waals surface area contributed by atoms with Gasteiger partial charge in [0.15, 0.2) is 0 Å². The first kappa shape index (κ1) is 15.3. The van der Waals surface area contributed by atoms with Crippen LogP contribution in [0.1, 0.15) is 49.4 Å². The van der Waals surface area contributed by atoms with Crippen molar-refractivity contribution in [2.24, 2.45) is 5.92 Å². The minimum absolute atomic E-state index is 0.0284. The van der Waals surface area contributed by atoms with Crippen LogP contribution in [0.2, 0.25) is 0 Å². The highest BCUT2D eigenvalue weighted by Gasteiger charge is 2.32. The van der Waals surface area contributed by atoms with E-state index >= 15 is 0 Å². The summed E-state index contributed by atoms with van der Waals surface area (Å²) in [6.07, 6.45) is 10.8. The third-order valence-corrected chi connectivity index (χ3v) is 14.9. The van der Waals surface area contributed by atoms with Gasteiger partial charge in [-0.1, -0.05) is 35.0 Å². The third-order valence-electron chi connectivity index (χ3n) is 3.87. The van der Waals surface area contributed by atoms with Crippen LogP contribution in [0.3, 0.4) is 0 Å². The van der Waals surface area contributed by atoms with Gasteiger partial charge in [0.25, 0.3) is 0 Å². The second-order valence-electron chi connectivity index (χ2n) is 5.00. The van der Waals surface area contributed by atoms with Gasteiger partial charge in [-0.3, -0.25) is 4.98 Å². The Bertz CT molecular complexity index is 385. The SMILES string of the molecule is CCCC[C@H]1CCc2ccncc2[C@H]1P(P)PP. The molecule has 0 aliphatic heterocycles. The zero-order valence-corrected chi connectivity index (χ0v) is 15.2. The maximum Gasteiger partial charge on any atom is 0.0309 e. The molecule has 1 nitrogen and oxygen atoms in total. The van der Waals surface area contributed by atoms with E-state index in [4.69, 9.17) is 0 Å². The van der Waals surface area contributed by atoms with Gasteiger partial charge in [-0.05, 0) is 42.4 Å². The smallest absolute Gasteiger partial charge is 0.0309 e. The maximum absolute atomic E-state index is 4.38. The lowest BCUT2D eigenvalue weighted by Gasteiger charge is -2.37. The van der Waals surface area contributed by atoms with Crippen LogP contribution in [0.4, 0.5) is 0 Å². The van der Waals surface area contributed by atoms with Gasteiger partial charge in [-0.2, -0.15) is 0 Å². The van der Waals surface area contributed by atoms with Crippen LogP contribution >= 0.6 is 33.1 Å². The minimum Gasteiger partial charge on any atom is -0.264 e. The standard InChI is InChI=1S/C13H23NP4/c1-2-3-4-11-6-5-10-7-8-14-9-12(10)13(11)18(16)17-15/h7-9,11,13,17H,2-6,15-16H2,1H3/t11-,13-,18?/m0/s1. The molecule has 0 aromatic carbocycles. The highest BCUT2D eigenvalue weighted by Crippen LogP contribution is 2.77. The van der Waals surface area contributed by atoms with Crippen LogP contribution < -0.4 is 0 Å². The van der Waals surface area contributed by atoms with Crippen molar-refractivity contribution in [2.75, 3.05) is 0 Å². The second kappa shape index (κ2) is 7.60. The average Bonchev–Trinajstić information content (AvgIpc) is 2.43. The summed E-state index contributed by atoms with van der Waals surface area (Å²) in [4.78, 5) is 4.38. The predicted molar refractivity (Wildman–Crippen MR) is 93.0 cm³/mol. The highest BCUT2D eigenvalue weighted by molar-refractivity contribution is 8.61. The molecule has 0 fully saturated rings. The van der Waals surface area contributed by atoms with Gasteiger partial charge in [0.2, 0.25) is 0 Å². The third kappa shape index (κ3) is 3.49. The van der Waals surface area contributed by atoms with E-state index < -0.39 is 0 Å². The lowest BCUT2D eigenvalue weighted by Crippen LogP contribution is -2.18. The van der Waals surface area contributed by atoms with Gasteiger partial charge in [0.1, 0.15) is 0 Å². The molecule has 2 rings (SSSR count).